The summed E-state index contributed by atoms with van der Waals surface area (Å²) in [5.74, 6) is -2.62. The minimum Gasteiger partial charge on any atom is -0.395 e. The van der Waals surface area contributed by atoms with Crippen molar-refractivity contribution in [3.63, 3.8) is 0 Å². The van der Waals surface area contributed by atoms with E-state index < -0.39 is 5.92 Å². The van der Waals surface area contributed by atoms with Crippen LogP contribution in [0.2, 0.25) is 0 Å². The maximum absolute atomic E-state index is 12.4. The predicted molar refractivity (Wildman–Crippen MR) is 129 cm³/mol. The van der Waals surface area contributed by atoms with Gasteiger partial charge >= 0.3 is 0 Å². The number of rotatable bonds is 5. The number of halogens is 2. The van der Waals surface area contributed by atoms with Crippen LogP contribution in [-0.2, 0) is 0 Å². The van der Waals surface area contributed by atoms with E-state index in [2.05, 4.69) is 10.3 Å². The third kappa shape index (κ3) is 7.43. The van der Waals surface area contributed by atoms with Crippen molar-refractivity contribution in [2.45, 2.75) is 32.6 Å². The second-order valence-electron chi connectivity index (χ2n) is 7.67. The molecule has 0 bridgehead atoms. The van der Waals surface area contributed by atoms with Gasteiger partial charge in [0.2, 0.25) is 0 Å². The first-order valence-electron chi connectivity index (χ1n) is 11.3. The number of nitrogens with one attached hydrogen (secondary N) is 1. The molecule has 1 aliphatic heterocycles. The van der Waals surface area contributed by atoms with E-state index in [4.69, 9.17) is 5.11 Å². The molecule has 1 aliphatic rings. The molecule has 7 nitrogen and oxygen atoms in total. The molecular weight excluding hydrogens is 442 g/mol. The summed E-state index contributed by atoms with van der Waals surface area (Å²) >= 11 is 0. The van der Waals surface area contributed by atoms with Gasteiger partial charge in [0.25, 0.3) is 11.8 Å². The molecule has 0 radical (unpaired) electrons. The van der Waals surface area contributed by atoms with Crippen molar-refractivity contribution in [1.29, 1.82) is 0 Å². The standard InChI is InChI=1S/C17H15N3O3.C6H11F2N.C2H6/c21-7-5-18-17(23)14-2-1-3-15(9-14)20-6-4-13-8-12(11-22)10-19-16(13)20;1-9-4-2-6(7,8)3-5-9;1-2/h1-4,6,8-11,21H,5,7H2,(H,18,23);2-5H2,1H3;1-2H3. The van der Waals surface area contributed by atoms with Gasteiger partial charge in [-0.3, -0.25) is 9.59 Å². The number of aromatic nitrogens is 2. The number of benzene rings is 1. The molecule has 0 spiro atoms. The molecule has 9 heteroatoms. The SMILES string of the molecule is CC.CN1CCC(F)(F)CC1.O=Cc1cnc2c(ccn2-c2cccc(C(=O)NCCO)c2)c1. The summed E-state index contributed by atoms with van der Waals surface area (Å²) in [6.45, 7) is 5.18. The number of carbonyl (C=O) groups excluding carboxylic acids is 2. The molecule has 0 aliphatic carbocycles. The molecule has 3 aromatic rings. The number of hydrogen-bond acceptors (Lipinski definition) is 5. The van der Waals surface area contributed by atoms with E-state index in [0.29, 0.717) is 29.9 Å². The van der Waals surface area contributed by atoms with Gasteiger partial charge in [0.15, 0.2) is 6.29 Å². The van der Waals surface area contributed by atoms with Crippen molar-refractivity contribution >= 4 is 23.2 Å². The Kier molecular flexibility index (Phi) is 10.3. The van der Waals surface area contributed by atoms with E-state index >= 15 is 0 Å². The Balaban J connectivity index is 0.000000311. The van der Waals surface area contributed by atoms with Crippen LogP contribution in [0.3, 0.4) is 0 Å². The Labute approximate surface area is 198 Å². The topological polar surface area (TPSA) is 87.5 Å². The quantitative estimate of drug-likeness (QED) is 0.547. The number of piperidine rings is 1. The molecule has 0 saturated carbocycles. The Morgan fingerprint density at radius 3 is 2.53 bits per heavy atom. The van der Waals surface area contributed by atoms with Gasteiger partial charge in [-0.2, -0.15) is 0 Å². The average Bonchev–Trinajstić information content (AvgIpc) is 3.29. The van der Waals surface area contributed by atoms with Crippen LogP contribution in [0.5, 0.6) is 0 Å². The highest BCUT2D eigenvalue weighted by Crippen LogP contribution is 2.26. The summed E-state index contributed by atoms with van der Waals surface area (Å²) in [7, 11) is 1.87. The Hall–Kier alpha value is -3.17. The molecule has 34 heavy (non-hydrogen) atoms. The highest BCUT2D eigenvalue weighted by Gasteiger charge is 2.32. The van der Waals surface area contributed by atoms with Crippen LogP contribution in [0, 0.1) is 0 Å². The van der Waals surface area contributed by atoms with Gasteiger partial charge in [0, 0.05) is 67.1 Å². The van der Waals surface area contributed by atoms with Crippen LogP contribution in [-0.4, -0.2) is 71.0 Å². The van der Waals surface area contributed by atoms with Gasteiger partial charge in [-0.25, -0.2) is 13.8 Å². The fourth-order valence-corrected chi connectivity index (χ4v) is 3.33. The second kappa shape index (κ2) is 12.9. The fourth-order valence-electron chi connectivity index (χ4n) is 3.33. The van der Waals surface area contributed by atoms with Gasteiger partial charge < -0.3 is 19.9 Å². The van der Waals surface area contributed by atoms with E-state index in [1.807, 2.05) is 48.7 Å². The molecule has 0 atom stereocenters. The van der Waals surface area contributed by atoms with Gasteiger partial charge in [0.05, 0.1) is 6.61 Å². The number of nitrogens with zero attached hydrogens (tertiary/aromatic N) is 3. The van der Waals surface area contributed by atoms with Crippen molar-refractivity contribution in [3.05, 3.63) is 59.9 Å². The number of likely N-dealkylation sites (tertiary alicyclic amines) is 1. The highest BCUT2D eigenvalue weighted by molar-refractivity contribution is 5.95. The molecule has 1 aromatic carbocycles. The van der Waals surface area contributed by atoms with E-state index in [9.17, 15) is 18.4 Å². The summed E-state index contributed by atoms with van der Waals surface area (Å²) in [4.78, 5) is 29.0. The predicted octanol–water partition coefficient (Wildman–Crippen LogP) is 3.93. The molecule has 2 N–H and O–H groups in total. The summed E-state index contributed by atoms with van der Waals surface area (Å²) < 4.78 is 26.6. The molecular formula is C25H32F2N4O3. The van der Waals surface area contributed by atoms with Gasteiger partial charge in [0.1, 0.15) is 5.65 Å². The van der Waals surface area contributed by atoms with E-state index in [1.54, 1.807) is 24.3 Å². The second-order valence-corrected chi connectivity index (χ2v) is 7.67. The monoisotopic (exact) mass is 474 g/mol. The molecule has 4 rings (SSSR count). The minimum atomic E-state index is -2.38. The third-order valence-corrected chi connectivity index (χ3v) is 5.19. The highest BCUT2D eigenvalue weighted by atomic mass is 19.3. The molecule has 1 saturated heterocycles. The van der Waals surface area contributed by atoms with E-state index in [1.165, 1.54) is 6.20 Å². The van der Waals surface area contributed by atoms with Crippen LogP contribution in [0.4, 0.5) is 8.78 Å². The molecule has 184 valence electrons. The molecule has 1 amide bonds. The third-order valence-electron chi connectivity index (χ3n) is 5.19. The average molecular weight is 475 g/mol. The lowest BCUT2D eigenvalue weighted by molar-refractivity contribution is -0.0504. The summed E-state index contributed by atoms with van der Waals surface area (Å²) in [5.41, 5.74) is 2.53. The van der Waals surface area contributed by atoms with E-state index in [-0.39, 0.29) is 31.9 Å². The van der Waals surface area contributed by atoms with Crippen LogP contribution in [0.25, 0.3) is 16.7 Å². The largest absolute Gasteiger partial charge is 0.395 e. The van der Waals surface area contributed by atoms with Crippen LogP contribution in [0.1, 0.15) is 47.4 Å². The smallest absolute Gasteiger partial charge is 0.251 e. The van der Waals surface area contributed by atoms with E-state index in [0.717, 1.165) is 17.4 Å². The Morgan fingerprint density at radius 1 is 1.21 bits per heavy atom. The maximum atomic E-state index is 12.4. The van der Waals surface area contributed by atoms with Crippen molar-refractivity contribution in [2.24, 2.45) is 0 Å². The molecule has 3 heterocycles. The first-order chi connectivity index (χ1) is 16.3. The lowest BCUT2D eigenvalue weighted by atomic mass is 10.1. The number of aliphatic hydroxyl groups excluding tert-OH is 1. The normalized spacial score (nSPS) is 14.9. The lowest BCUT2D eigenvalue weighted by Crippen LogP contribution is -2.36. The zero-order valence-corrected chi connectivity index (χ0v) is 19.8. The number of alkyl halides is 2. The summed E-state index contributed by atoms with van der Waals surface area (Å²) in [6, 6.07) is 10.8. The lowest BCUT2D eigenvalue weighted by Gasteiger charge is -2.28. The summed E-state index contributed by atoms with van der Waals surface area (Å²) in [6.07, 6.45) is 4.18. The fraction of sp³-hybridized carbons (Fsp3) is 0.400. The Morgan fingerprint density at radius 2 is 1.91 bits per heavy atom. The van der Waals surface area contributed by atoms with Crippen molar-refractivity contribution in [3.8, 4) is 5.69 Å². The number of pyridine rings is 1. The molecule has 1 fully saturated rings. The van der Waals surface area contributed by atoms with Crippen molar-refractivity contribution in [1.82, 2.24) is 19.8 Å². The number of aldehydes is 1. The first kappa shape index (κ1) is 27.1. The number of carbonyl (C=O) groups is 2. The zero-order chi connectivity index (χ0) is 25.1. The van der Waals surface area contributed by atoms with Gasteiger partial charge in [-0.05, 0) is 37.4 Å². The molecule has 0 unspecified atom stereocenters. The van der Waals surface area contributed by atoms with Crippen LogP contribution >= 0.6 is 0 Å². The summed E-state index contributed by atoms with van der Waals surface area (Å²) in [5, 5.41) is 12.2. The number of aliphatic hydroxyl groups is 1. The Bertz CT molecular complexity index is 1070. The maximum Gasteiger partial charge on any atom is 0.251 e. The number of amides is 1. The van der Waals surface area contributed by atoms with Crippen molar-refractivity contribution in [2.75, 3.05) is 33.3 Å². The first-order valence-corrected chi connectivity index (χ1v) is 11.3. The van der Waals surface area contributed by atoms with Crippen LogP contribution in [0.15, 0.2) is 48.8 Å². The number of fused-ring (bicyclic) bond motifs is 1. The van der Waals surface area contributed by atoms with Gasteiger partial charge in [-0.1, -0.05) is 19.9 Å². The van der Waals surface area contributed by atoms with Gasteiger partial charge in [-0.15, -0.1) is 0 Å². The van der Waals surface area contributed by atoms with Crippen LogP contribution < -0.4 is 5.32 Å². The zero-order valence-electron chi connectivity index (χ0n) is 19.8. The van der Waals surface area contributed by atoms with Crippen molar-refractivity contribution < 1.29 is 23.5 Å². The minimum absolute atomic E-state index is 0.0312. The molecule has 2 aromatic heterocycles. The number of hydrogen-bond donors (Lipinski definition) is 2.